The first-order valence-electron chi connectivity index (χ1n) is 12.2. The van der Waals surface area contributed by atoms with Crippen LogP contribution in [0, 0.1) is 0 Å². The summed E-state index contributed by atoms with van der Waals surface area (Å²) >= 11 is 0. The second kappa shape index (κ2) is 14.5. The predicted molar refractivity (Wildman–Crippen MR) is 130 cm³/mol. The van der Waals surface area contributed by atoms with E-state index in [1.165, 1.54) is 0 Å². The normalized spacial score (nSPS) is 18.4. The van der Waals surface area contributed by atoms with Crippen molar-refractivity contribution in [3.8, 4) is 0 Å². The fraction of sp³-hybridized carbons (Fsp3) is 0.913. The maximum absolute atomic E-state index is 12.1. The van der Waals surface area contributed by atoms with Gasteiger partial charge in [-0.25, -0.2) is 4.79 Å². The fourth-order valence-corrected chi connectivity index (χ4v) is 3.57. The Morgan fingerprint density at radius 2 is 1.77 bits per heavy atom. The fourth-order valence-electron chi connectivity index (χ4n) is 3.57. The van der Waals surface area contributed by atoms with Crippen LogP contribution in [0.1, 0.15) is 67.7 Å². The lowest BCUT2D eigenvalue weighted by atomic mass is 10.1. The van der Waals surface area contributed by atoms with Gasteiger partial charge in [0.15, 0.2) is 5.96 Å². The summed E-state index contributed by atoms with van der Waals surface area (Å²) < 4.78 is 5.37. The van der Waals surface area contributed by atoms with Gasteiger partial charge < -0.3 is 25.6 Å². The van der Waals surface area contributed by atoms with E-state index in [4.69, 9.17) is 9.73 Å². The molecular formula is C23H48N6O2. The van der Waals surface area contributed by atoms with Gasteiger partial charge in [-0.15, -0.1) is 0 Å². The van der Waals surface area contributed by atoms with Crippen molar-refractivity contribution < 1.29 is 9.53 Å². The van der Waals surface area contributed by atoms with Crippen molar-refractivity contribution in [1.82, 2.24) is 25.8 Å². The van der Waals surface area contributed by atoms with Crippen molar-refractivity contribution in [2.75, 3.05) is 52.4 Å². The molecular weight excluding hydrogens is 392 g/mol. The SMILES string of the molecule is CCCCC(CNC(=O)OC(C)(C)C)NC(=NCC(C)N1CCN(CC)CC1)NCC. The van der Waals surface area contributed by atoms with Crippen molar-refractivity contribution in [2.24, 2.45) is 4.99 Å². The van der Waals surface area contributed by atoms with Gasteiger partial charge in [0.05, 0.1) is 6.54 Å². The summed E-state index contributed by atoms with van der Waals surface area (Å²) in [5.74, 6) is 0.814. The summed E-state index contributed by atoms with van der Waals surface area (Å²) in [4.78, 5) is 21.9. The molecule has 0 saturated carbocycles. The summed E-state index contributed by atoms with van der Waals surface area (Å²) in [7, 11) is 0. The van der Waals surface area contributed by atoms with Crippen molar-refractivity contribution in [3.63, 3.8) is 0 Å². The van der Waals surface area contributed by atoms with Crippen LogP contribution in [0.15, 0.2) is 4.99 Å². The van der Waals surface area contributed by atoms with Crippen LogP contribution in [-0.4, -0.2) is 91.9 Å². The Hall–Kier alpha value is -1.54. The molecule has 8 heteroatoms. The van der Waals surface area contributed by atoms with Gasteiger partial charge >= 0.3 is 6.09 Å². The number of nitrogens with zero attached hydrogens (tertiary/aromatic N) is 3. The quantitative estimate of drug-likeness (QED) is 0.339. The summed E-state index contributed by atoms with van der Waals surface area (Å²) in [6, 6.07) is 0.511. The third kappa shape index (κ3) is 12.2. The number of piperazine rings is 1. The lowest BCUT2D eigenvalue weighted by Crippen LogP contribution is -2.51. The number of carbonyl (C=O) groups excluding carboxylic acids is 1. The third-order valence-corrected chi connectivity index (χ3v) is 5.47. The second-order valence-electron chi connectivity index (χ2n) is 9.41. The predicted octanol–water partition coefficient (Wildman–Crippen LogP) is 2.65. The van der Waals surface area contributed by atoms with Gasteiger partial charge in [-0.3, -0.25) is 9.89 Å². The van der Waals surface area contributed by atoms with E-state index < -0.39 is 5.60 Å². The number of likely N-dealkylation sites (N-methyl/N-ethyl adjacent to an activating group) is 1. The number of alkyl carbamates (subject to hydrolysis) is 1. The second-order valence-corrected chi connectivity index (χ2v) is 9.41. The number of hydrogen-bond acceptors (Lipinski definition) is 5. The van der Waals surface area contributed by atoms with Gasteiger partial charge in [0.2, 0.25) is 0 Å². The van der Waals surface area contributed by atoms with Gasteiger partial charge in [-0.05, 0) is 47.6 Å². The van der Waals surface area contributed by atoms with Crippen molar-refractivity contribution >= 4 is 12.1 Å². The molecule has 0 bridgehead atoms. The average Bonchev–Trinajstić information content (AvgIpc) is 2.72. The number of hydrogen-bond donors (Lipinski definition) is 3. The van der Waals surface area contributed by atoms with Crippen LogP contribution in [0.5, 0.6) is 0 Å². The monoisotopic (exact) mass is 440 g/mol. The van der Waals surface area contributed by atoms with Gasteiger partial charge in [-0.2, -0.15) is 0 Å². The van der Waals surface area contributed by atoms with Gasteiger partial charge in [0, 0.05) is 51.4 Å². The smallest absolute Gasteiger partial charge is 0.407 e. The van der Waals surface area contributed by atoms with E-state index in [2.05, 4.69) is 53.4 Å². The minimum absolute atomic E-state index is 0.105. The molecule has 0 aromatic heterocycles. The molecule has 1 amide bonds. The average molecular weight is 441 g/mol. The maximum atomic E-state index is 12.1. The van der Waals surface area contributed by atoms with E-state index in [1.807, 2.05) is 20.8 Å². The Balaban J connectivity index is 2.63. The minimum atomic E-state index is -0.494. The zero-order valence-electron chi connectivity index (χ0n) is 21.1. The van der Waals surface area contributed by atoms with E-state index >= 15 is 0 Å². The molecule has 2 atom stereocenters. The molecule has 182 valence electrons. The Morgan fingerprint density at radius 3 is 2.32 bits per heavy atom. The van der Waals surface area contributed by atoms with Gasteiger partial charge in [0.1, 0.15) is 5.60 Å². The Kier molecular flexibility index (Phi) is 12.9. The third-order valence-electron chi connectivity index (χ3n) is 5.47. The lowest BCUT2D eigenvalue weighted by molar-refractivity contribution is 0.0522. The van der Waals surface area contributed by atoms with Crippen LogP contribution in [0.25, 0.3) is 0 Å². The van der Waals surface area contributed by atoms with E-state index in [0.29, 0.717) is 12.6 Å². The topological polar surface area (TPSA) is 81.2 Å². The molecule has 2 unspecified atom stereocenters. The summed E-state index contributed by atoms with van der Waals surface area (Å²) in [6.45, 7) is 22.0. The number of rotatable bonds is 11. The highest BCUT2D eigenvalue weighted by Crippen LogP contribution is 2.08. The van der Waals surface area contributed by atoms with Crippen LogP contribution in [0.4, 0.5) is 4.79 Å². The largest absolute Gasteiger partial charge is 0.444 e. The molecule has 8 nitrogen and oxygen atoms in total. The Labute approximate surface area is 190 Å². The van der Waals surface area contributed by atoms with Crippen LogP contribution in [-0.2, 0) is 4.74 Å². The molecule has 1 saturated heterocycles. The highest BCUT2D eigenvalue weighted by atomic mass is 16.6. The van der Waals surface area contributed by atoms with E-state index in [1.54, 1.807) is 0 Å². The number of carbonyl (C=O) groups is 1. The van der Waals surface area contributed by atoms with Crippen LogP contribution in [0.2, 0.25) is 0 Å². The standard InChI is InChI=1S/C23H48N6O2/c1-8-11-12-20(18-26-22(30)31-23(5,6)7)27-21(24-9-2)25-17-19(4)29-15-13-28(10-3)14-16-29/h19-20H,8-18H2,1-7H3,(H,26,30)(H2,24,25,27). The van der Waals surface area contributed by atoms with Crippen molar-refractivity contribution in [2.45, 2.75) is 85.4 Å². The molecule has 1 rings (SSSR count). The van der Waals surface area contributed by atoms with Crippen LogP contribution >= 0.6 is 0 Å². The number of guanidine groups is 1. The summed E-state index contributed by atoms with van der Waals surface area (Å²) in [5, 5.41) is 9.79. The minimum Gasteiger partial charge on any atom is -0.444 e. The van der Waals surface area contributed by atoms with Crippen LogP contribution < -0.4 is 16.0 Å². The Bertz CT molecular complexity index is 527. The first-order chi connectivity index (χ1) is 14.7. The summed E-state index contributed by atoms with van der Waals surface area (Å²) in [6.07, 6.45) is 2.78. The van der Waals surface area contributed by atoms with Crippen LogP contribution in [0.3, 0.4) is 0 Å². The molecule has 0 aromatic carbocycles. The molecule has 0 aromatic rings. The first-order valence-corrected chi connectivity index (χ1v) is 12.2. The Morgan fingerprint density at radius 1 is 1.10 bits per heavy atom. The zero-order chi connectivity index (χ0) is 23.3. The van der Waals surface area contributed by atoms with Gasteiger partial charge in [-0.1, -0.05) is 26.7 Å². The molecule has 1 aliphatic heterocycles. The number of aliphatic imine (C=N–C) groups is 1. The maximum Gasteiger partial charge on any atom is 0.407 e. The zero-order valence-corrected chi connectivity index (χ0v) is 21.1. The molecule has 0 aliphatic carbocycles. The first kappa shape index (κ1) is 27.5. The number of amides is 1. The molecule has 1 heterocycles. The van der Waals surface area contributed by atoms with E-state index in [9.17, 15) is 4.79 Å². The number of ether oxygens (including phenoxy) is 1. The van der Waals surface area contributed by atoms with E-state index in [0.717, 1.165) is 71.0 Å². The van der Waals surface area contributed by atoms with Gasteiger partial charge in [0.25, 0.3) is 0 Å². The van der Waals surface area contributed by atoms with E-state index in [-0.39, 0.29) is 12.1 Å². The molecule has 1 fully saturated rings. The molecule has 1 aliphatic rings. The number of nitrogens with one attached hydrogen (secondary N) is 3. The molecule has 3 N–H and O–H groups in total. The highest BCUT2D eigenvalue weighted by Gasteiger charge is 2.21. The summed E-state index contributed by atoms with van der Waals surface area (Å²) in [5.41, 5.74) is -0.494. The molecule has 0 spiro atoms. The van der Waals surface area contributed by atoms with Crippen molar-refractivity contribution in [3.05, 3.63) is 0 Å². The molecule has 0 radical (unpaired) electrons. The molecule has 31 heavy (non-hydrogen) atoms. The number of unbranched alkanes of at least 4 members (excludes halogenated alkanes) is 1. The van der Waals surface area contributed by atoms with Crippen molar-refractivity contribution in [1.29, 1.82) is 0 Å². The lowest BCUT2D eigenvalue weighted by Gasteiger charge is -2.37. The highest BCUT2D eigenvalue weighted by molar-refractivity contribution is 5.80.